The smallest absolute Gasteiger partial charge is 0.147 e. The highest BCUT2D eigenvalue weighted by molar-refractivity contribution is 7.99. The van der Waals surface area contributed by atoms with Gasteiger partial charge in [0.2, 0.25) is 0 Å². The Hall–Kier alpha value is -0.480. The van der Waals surface area contributed by atoms with Gasteiger partial charge in [-0.1, -0.05) is 6.58 Å². The Bertz CT molecular complexity index is 182. The quantitative estimate of drug-likeness (QED) is 0.635. The first-order chi connectivity index (χ1) is 6.11. The number of carbonyl (C=O) groups is 1. The molecule has 0 spiro atoms. The number of ketones is 1. The molecule has 0 heterocycles. The Morgan fingerprint density at radius 3 is 2.54 bits per heavy atom. The van der Waals surface area contributed by atoms with Crippen LogP contribution in [-0.4, -0.2) is 37.4 Å². The number of rotatable bonds is 7. The van der Waals surface area contributed by atoms with Crippen LogP contribution in [0.15, 0.2) is 12.3 Å². The molecule has 0 rings (SSSR count). The zero-order valence-electron chi connectivity index (χ0n) is 8.52. The Morgan fingerprint density at radius 1 is 1.54 bits per heavy atom. The van der Waals surface area contributed by atoms with E-state index in [0.717, 1.165) is 17.2 Å². The highest BCUT2D eigenvalue weighted by Crippen LogP contribution is 2.06. The van der Waals surface area contributed by atoms with Crippen molar-refractivity contribution >= 4 is 17.5 Å². The van der Waals surface area contributed by atoms with Crippen molar-refractivity contribution in [3.63, 3.8) is 0 Å². The predicted molar refractivity (Wildman–Crippen MR) is 59.1 cm³/mol. The second-order valence-electron chi connectivity index (χ2n) is 2.82. The summed E-state index contributed by atoms with van der Waals surface area (Å²) in [6.07, 6.45) is 0. The summed E-state index contributed by atoms with van der Waals surface area (Å²) in [4.78, 5) is 11.0. The highest BCUT2D eigenvalue weighted by atomic mass is 32.2. The number of Topliss-reactive ketones (excluding diaryl/α,β-unsaturated/α-hetero) is 1. The van der Waals surface area contributed by atoms with Gasteiger partial charge in [0.25, 0.3) is 0 Å². The van der Waals surface area contributed by atoms with Crippen LogP contribution in [0, 0.1) is 0 Å². The Labute approximate surface area is 84.4 Å². The first-order valence-corrected chi connectivity index (χ1v) is 5.38. The average Bonchev–Trinajstić information content (AvgIpc) is 2.11. The molecule has 76 valence electrons. The molecule has 0 aliphatic heterocycles. The van der Waals surface area contributed by atoms with Crippen LogP contribution >= 0.6 is 11.8 Å². The van der Waals surface area contributed by atoms with Crippen LogP contribution in [0.25, 0.3) is 0 Å². The minimum absolute atomic E-state index is 0.0327. The Balaban J connectivity index is 3.61. The summed E-state index contributed by atoms with van der Waals surface area (Å²) in [5.41, 5.74) is 0.989. The van der Waals surface area contributed by atoms with E-state index in [-0.39, 0.29) is 11.8 Å². The molecule has 0 fully saturated rings. The van der Waals surface area contributed by atoms with Crippen molar-refractivity contribution in [1.82, 2.24) is 10.6 Å². The summed E-state index contributed by atoms with van der Waals surface area (Å²) >= 11 is 1.70. The van der Waals surface area contributed by atoms with Crippen LogP contribution in [0.1, 0.15) is 6.92 Å². The van der Waals surface area contributed by atoms with E-state index in [9.17, 15) is 4.79 Å². The molecule has 0 aromatic carbocycles. The molecule has 0 aromatic heterocycles. The van der Waals surface area contributed by atoms with Crippen molar-refractivity contribution in [1.29, 1.82) is 0 Å². The van der Waals surface area contributed by atoms with Gasteiger partial charge in [-0.25, -0.2) is 0 Å². The van der Waals surface area contributed by atoms with E-state index in [4.69, 9.17) is 0 Å². The fourth-order valence-electron chi connectivity index (χ4n) is 0.776. The summed E-state index contributed by atoms with van der Waals surface area (Å²) in [6.45, 7) is 5.41. The standard InChI is InChI=1S/C9H18N2OS/c1-7(10-3)5-13-6-9(11-4)8(2)12/h9-11H,1,5-6H2,2-4H3. The summed E-state index contributed by atoms with van der Waals surface area (Å²) in [5.74, 6) is 1.83. The topological polar surface area (TPSA) is 41.1 Å². The molecule has 3 nitrogen and oxygen atoms in total. The van der Waals surface area contributed by atoms with E-state index >= 15 is 0 Å². The molecule has 0 radical (unpaired) electrons. The molecule has 2 N–H and O–H groups in total. The molecular formula is C9H18N2OS. The summed E-state index contributed by atoms with van der Waals surface area (Å²) in [7, 11) is 3.66. The SMILES string of the molecule is C=C(CSCC(NC)C(C)=O)NC. The number of nitrogens with one attached hydrogen (secondary N) is 2. The van der Waals surface area contributed by atoms with E-state index in [1.165, 1.54) is 0 Å². The Morgan fingerprint density at radius 2 is 2.15 bits per heavy atom. The predicted octanol–water partition coefficient (Wildman–Crippen LogP) is 0.630. The maximum atomic E-state index is 11.0. The summed E-state index contributed by atoms with van der Waals surface area (Å²) in [5, 5.41) is 5.94. The molecule has 0 bridgehead atoms. The van der Waals surface area contributed by atoms with Crippen molar-refractivity contribution < 1.29 is 4.79 Å². The van der Waals surface area contributed by atoms with Gasteiger partial charge in [-0.15, -0.1) is 0 Å². The molecule has 0 saturated carbocycles. The van der Waals surface area contributed by atoms with Crippen LogP contribution in [0.4, 0.5) is 0 Å². The average molecular weight is 202 g/mol. The van der Waals surface area contributed by atoms with E-state index < -0.39 is 0 Å². The lowest BCUT2D eigenvalue weighted by atomic mass is 10.2. The number of likely N-dealkylation sites (N-methyl/N-ethyl adjacent to an activating group) is 1. The largest absolute Gasteiger partial charge is 0.391 e. The first kappa shape index (κ1) is 12.5. The molecule has 0 aliphatic rings. The van der Waals surface area contributed by atoms with Crippen LogP contribution in [0.5, 0.6) is 0 Å². The molecule has 0 saturated heterocycles. The fraction of sp³-hybridized carbons (Fsp3) is 0.667. The van der Waals surface area contributed by atoms with E-state index in [1.54, 1.807) is 25.7 Å². The number of thioether (sulfide) groups is 1. The van der Waals surface area contributed by atoms with Crippen molar-refractivity contribution in [2.45, 2.75) is 13.0 Å². The van der Waals surface area contributed by atoms with Gasteiger partial charge in [-0.2, -0.15) is 11.8 Å². The minimum atomic E-state index is -0.0327. The molecule has 0 aromatic rings. The van der Waals surface area contributed by atoms with Gasteiger partial charge in [0.15, 0.2) is 0 Å². The number of carbonyl (C=O) groups excluding carboxylic acids is 1. The lowest BCUT2D eigenvalue weighted by Crippen LogP contribution is -2.34. The third kappa shape index (κ3) is 5.71. The van der Waals surface area contributed by atoms with Gasteiger partial charge in [0.05, 0.1) is 6.04 Å². The van der Waals surface area contributed by atoms with Gasteiger partial charge < -0.3 is 10.6 Å². The fourth-order valence-corrected chi connectivity index (χ4v) is 1.92. The summed E-state index contributed by atoms with van der Waals surface area (Å²) < 4.78 is 0. The lowest BCUT2D eigenvalue weighted by molar-refractivity contribution is -0.118. The minimum Gasteiger partial charge on any atom is -0.391 e. The molecule has 1 atom stereocenters. The van der Waals surface area contributed by atoms with Crippen molar-refractivity contribution in [3.05, 3.63) is 12.3 Å². The normalized spacial score (nSPS) is 12.2. The van der Waals surface area contributed by atoms with E-state index in [0.29, 0.717) is 0 Å². The van der Waals surface area contributed by atoms with Gasteiger partial charge in [-0.05, 0) is 14.0 Å². The van der Waals surface area contributed by atoms with Gasteiger partial charge in [0, 0.05) is 24.3 Å². The monoisotopic (exact) mass is 202 g/mol. The highest BCUT2D eigenvalue weighted by Gasteiger charge is 2.10. The van der Waals surface area contributed by atoms with Crippen molar-refractivity contribution in [3.8, 4) is 0 Å². The van der Waals surface area contributed by atoms with Crippen LogP contribution in [-0.2, 0) is 4.79 Å². The van der Waals surface area contributed by atoms with E-state index in [1.807, 2.05) is 7.05 Å². The molecule has 1 unspecified atom stereocenters. The lowest BCUT2D eigenvalue weighted by Gasteiger charge is -2.12. The first-order valence-electron chi connectivity index (χ1n) is 4.22. The molecule has 4 heteroatoms. The van der Waals surface area contributed by atoms with Crippen molar-refractivity contribution in [2.24, 2.45) is 0 Å². The summed E-state index contributed by atoms with van der Waals surface area (Å²) in [6, 6.07) is -0.0327. The second kappa shape index (κ2) is 6.97. The maximum Gasteiger partial charge on any atom is 0.147 e. The zero-order valence-corrected chi connectivity index (χ0v) is 9.33. The maximum absolute atomic E-state index is 11.0. The molecule has 0 aliphatic carbocycles. The third-order valence-electron chi connectivity index (χ3n) is 1.75. The van der Waals surface area contributed by atoms with Gasteiger partial charge in [-0.3, -0.25) is 4.79 Å². The number of hydrogen-bond donors (Lipinski definition) is 2. The third-order valence-corrected chi connectivity index (χ3v) is 2.88. The second-order valence-corrected chi connectivity index (χ2v) is 3.85. The molecular weight excluding hydrogens is 184 g/mol. The van der Waals surface area contributed by atoms with E-state index in [2.05, 4.69) is 17.2 Å². The van der Waals surface area contributed by atoms with Crippen LogP contribution in [0.2, 0.25) is 0 Å². The van der Waals surface area contributed by atoms with Crippen LogP contribution in [0.3, 0.4) is 0 Å². The molecule has 13 heavy (non-hydrogen) atoms. The van der Waals surface area contributed by atoms with Crippen molar-refractivity contribution in [2.75, 3.05) is 25.6 Å². The number of hydrogen-bond acceptors (Lipinski definition) is 4. The molecule has 0 amide bonds. The van der Waals surface area contributed by atoms with Gasteiger partial charge in [0.1, 0.15) is 5.78 Å². The van der Waals surface area contributed by atoms with Crippen LogP contribution < -0.4 is 10.6 Å². The Kier molecular flexibility index (Phi) is 6.72. The zero-order chi connectivity index (χ0) is 10.3. The van der Waals surface area contributed by atoms with Gasteiger partial charge >= 0.3 is 0 Å².